The molecule has 0 fully saturated rings. The second-order valence-electron chi connectivity index (χ2n) is 5.04. The highest BCUT2D eigenvalue weighted by Crippen LogP contribution is 2.31. The molecule has 0 saturated carbocycles. The van der Waals surface area contributed by atoms with Gasteiger partial charge in [0.25, 0.3) is 0 Å². The first-order chi connectivity index (χ1) is 9.61. The Morgan fingerprint density at radius 1 is 1.30 bits per heavy atom. The molecule has 0 saturated heterocycles. The molecule has 2 nitrogen and oxygen atoms in total. The zero-order chi connectivity index (χ0) is 14.1. The molecule has 0 amide bonds. The third-order valence-electron chi connectivity index (χ3n) is 3.47. The predicted octanol–water partition coefficient (Wildman–Crippen LogP) is 4.83. The molecule has 104 valence electrons. The molecular formula is C16H15BrClNO. The van der Waals surface area contributed by atoms with Gasteiger partial charge in [-0.1, -0.05) is 27.5 Å². The van der Waals surface area contributed by atoms with Crippen LogP contribution in [-0.2, 0) is 6.42 Å². The number of benzene rings is 2. The van der Waals surface area contributed by atoms with Crippen LogP contribution in [-0.4, -0.2) is 12.6 Å². The van der Waals surface area contributed by atoms with E-state index in [4.69, 9.17) is 16.3 Å². The molecule has 0 radical (unpaired) electrons. The summed E-state index contributed by atoms with van der Waals surface area (Å²) in [7, 11) is 0. The van der Waals surface area contributed by atoms with E-state index in [0.29, 0.717) is 0 Å². The van der Waals surface area contributed by atoms with Crippen LogP contribution < -0.4 is 10.1 Å². The minimum atomic E-state index is 0.159. The smallest absolute Gasteiger partial charge is 0.123 e. The zero-order valence-corrected chi connectivity index (χ0v) is 13.5. The van der Waals surface area contributed by atoms with Gasteiger partial charge in [0.05, 0.1) is 6.54 Å². The number of halogens is 2. The Kier molecular flexibility index (Phi) is 3.90. The molecule has 2 aromatic rings. The summed E-state index contributed by atoms with van der Waals surface area (Å²) in [6.45, 7) is 2.88. The van der Waals surface area contributed by atoms with Gasteiger partial charge in [0, 0.05) is 21.6 Å². The summed E-state index contributed by atoms with van der Waals surface area (Å²) in [6.07, 6.45) is 1.06. The fraction of sp³-hybridized carbons (Fsp3) is 0.250. The Morgan fingerprint density at radius 2 is 2.15 bits per heavy atom. The largest absolute Gasteiger partial charge is 0.488 e. The molecule has 1 aliphatic heterocycles. The predicted molar refractivity (Wildman–Crippen MR) is 86.9 cm³/mol. The summed E-state index contributed by atoms with van der Waals surface area (Å²) in [5, 5.41) is 4.22. The van der Waals surface area contributed by atoms with Gasteiger partial charge >= 0.3 is 0 Å². The fourth-order valence-corrected chi connectivity index (χ4v) is 3.12. The lowest BCUT2D eigenvalue weighted by Crippen LogP contribution is -2.24. The van der Waals surface area contributed by atoms with Crippen molar-refractivity contribution in [3.05, 3.63) is 57.0 Å². The van der Waals surface area contributed by atoms with Crippen LogP contribution in [0.4, 0.5) is 5.69 Å². The van der Waals surface area contributed by atoms with E-state index in [1.54, 1.807) is 0 Å². The third kappa shape index (κ3) is 2.94. The molecule has 4 heteroatoms. The molecule has 2 aromatic carbocycles. The second kappa shape index (κ2) is 5.66. The first kappa shape index (κ1) is 13.8. The van der Waals surface area contributed by atoms with Crippen LogP contribution in [0.15, 0.2) is 40.9 Å². The topological polar surface area (TPSA) is 21.3 Å². The van der Waals surface area contributed by atoms with Gasteiger partial charge in [-0.05, 0) is 54.4 Å². The minimum absolute atomic E-state index is 0.159. The molecular weight excluding hydrogens is 338 g/mol. The Labute approximate surface area is 132 Å². The van der Waals surface area contributed by atoms with Gasteiger partial charge in [0.2, 0.25) is 0 Å². The highest BCUT2D eigenvalue weighted by Gasteiger charge is 2.22. The van der Waals surface area contributed by atoms with Crippen LogP contribution in [0.3, 0.4) is 0 Å². The van der Waals surface area contributed by atoms with Crippen molar-refractivity contribution in [1.29, 1.82) is 0 Å². The van der Waals surface area contributed by atoms with Crippen LogP contribution in [0.5, 0.6) is 5.75 Å². The Morgan fingerprint density at radius 3 is 2.95 bits per heavy atom. The lowest BCUT2D eigenvalue weighted by atomic mass is 10.1. The second-order valence-corrected chi connectivity index (χ2v) is 6.39. The summed E-state index contributed by atoms with van der Waals surface area (Å²) < 4.78 is 7.01. The summed E-state index contributed by atoms with van der Waals surface area (Å²) in [5.74, 6) is 0.953. The molecule has 0 aromatic heterocycles. The Hall–Kier alpha value is -1.19. The highest BCUT2D eigenvalue weighted by atomic mass is 79.9. The van der Waals surface area contributed by atoms with Gasteiger partial charge in [-0.3, -0.25) is 0 Å². The molecule has 1 heterocycles. The maximum absolute atomic E-state index is 6.00. The Balaban J connectivity index is 1.63. The number of nitrogens with one attached hydrogen (secondary N) is 1. The Bertz CT molecular complexity index is 644. The van der Waals surface area contributed by atoms with E-state index < -0.39 is 0 Å². The van der Waals surface area contributed by atoms with Crippen molar-refractivity contribution in [3.8, 4) is 5.75 Å². The maximum atomic E-state index is 6.00. The van der Waals surface area contributed by atoms with Crippen molar-refractivity contribution < 1.29 is 4.74 Å². The number of anilines is 1. The lowest BCUT2D eigenvalue weighted by molar-refractivity contribution is 0.246. The van der Waals surface area contributed by atoms with E-state index >= 15 is 0 Å². The molecule has 3 rings (SSSR count). The summed E-state index contributed by atoms with van der Waals surface area (Å²) in [5.41, 5.74) is 3.56. The molecule has 0 spiro atoms. The van der Waals surface area contributed by atoms with Gasteiger partial charge < -0.3 is 10.1 Å². The van der Waals surface area contributed by atoms with Crippen LogP contribution in [0.1, 0.15) is 11.1 Å². The van der Waals surface area contributed by atoms with Crippen molar-refractivity contribution >= 4 is 33.2 Å². The standard InChI is InChI=1S/C16H15BrClNO/c1-10-6-12(17)2-4-15(10)19-9-14-8-11-7-13(18)3-5-16(11)20-14/h2-7,14,19H,8-9H2,1H3. The number of hydrogen-bond donors (Lipinski definition) is 1. The van der Waals surface area contributed by atoms with Crippen LogP contribution in [0.2, 0.25) is 5.02 Å². The van der Waals surface area contributed by atoms with Gasteiger partial charge in [0.15, 0.2) is 0 Å². The van der Waals surface area contributed by atoms with Crippen LogP contribution in [0, 0.1) is 6.92 Å². The van der Waals surface area contributed by atoms with Crippen molar-refractivity contribution in [1.82, 2.24) is 0 Å². The van der Waals surface area contributed by atoms with Crippen molar-refractivity contribution in [2.24, 2.45) is 0 Å². The quantitative estimate of drug-likeness (QED) is 0.854. The molecule has 1 unspecified atom stereocenters. The molecule has 20 heavy (non-hydrogen) atoms. The van der Waals surface area contributed by atoms with E-state index in [-0.39, 0.29) is 6.10 Å². The minimum Gasteiger partial charge on any atom is -0.488 e. The average molecular weight is 353 g/mol. The lowest BCUT2D eigenvalue weighted by Gasteiger charge is -2.14. The molecule has 1 atom stereocenters. The number of hydrogen-bond acceptors (Lipinski definition) is 2. The number of ether oxygens (including phenoxy) is 1. The summed E-state index contributed by atoms with van der Waals surface area (Å²) in [6, 6.07) is 12.0. The normalized spacial score (nSPS) is 16.6. The van der Waals surface area contributed by atoms with E-state index in [2.05, 4.69) is 40.3 Å². The molecule has 0 aliphatic carbocycles. The van der Waals surface area contributed by atoms with E-state index in [9.17, 15) is 0 Å². The third-order valence-corrected chi connectivity index (χ3v) is 4.20. The summed E-state index contributed by atoms with van der Waals surface area (Å²) >= 11 is 9.48. The van der Waals surface area contributed by atoms with Gasteiger partial charge in [-0.15, -0.1) is 0 Å². The first-order valence-corrected chi connectivity index (χ1v) is 7.74. The monoisotopic (exact) mass is 351 g/mol. The molecule has 1 aliphatic rings. The first-order valence-electron chi connectivity index (χ1n) is 6.57. The zero-order valence-electron chi connectivity index (χ0n) is 11.1. The highest BCUT2D eigenvalue weighted by molar-refractivity contribution is 9.10. The van der Waals surface area contributed by atoms with E-state index in [1.165, 1.54) is 11.1 Å². The SMILES string of the molecule is Cc1cc(Br)ccc1NCC1Cc2cc(Cl)ccc2O1. The number of rotatable bonds is 3. The van der Waals surface area contributed by atoms with Crippen LogP contribution in [0.25, 0.3) is 0 Å². The number of aryl methyl sites for hydroxylation is 1. The van der Waals surface area contributed by atoms with E-state index in [0.717, 1.165) is 33.9 Å². The van der Waals surface area contributed by atoms with Crippen molar-refractivity contribution in [3.63, 3.8) is 0 Å². The number of fused-ring (bicyclic) bond motifs is 1. The summed E-state index contributed by atoms with van der Waals surface area (Å²) in [4.78, 5) is 0. The van der Waals surface area contributed by atoms with Crippen LogP contribution >= 0.6 is 27.5 Å². The molecule has 1 N–H and O–H groups in total. The fourth-order valence-electron chi connectivity index (χ4n) is 2.45. The van der Waals surface area contributed by atoms with Gasteiger partial charge in [-0.25, -0.2) is 0 Å². The van der Waals surface area contributed by atoms with Gasteiger partial charge in [0.1, 0.15) is 11.9 Å². The van der Waals surface area contributed by atoms with Gasteiger partial charge in [-0.2, -0.15) is 0 Å². The van der Waals surface area contributed by atoms with Crippen molar-refractivity contribution in [2.75, 3.05) is 11.9 Å². The van der Waals surface area contributed by atoms with E-state index in [1.807, 2.05) is 24.3 Å². The van der Waals surface area contributed by atoms with Crippen molar-refractivity contribution in [2.45, 2.75) is 19.4 Å². The average Bonchev–Trinajstić information content (AvgIpc) is 2.79. The molecule has 0 bridgehead atoms. The maximum Gasteiger partial charge on any atom is 0.123 e.